The lowest BCUT2D eigenvalue weighted by Gasteiger charge is -2.21. The molecule has 0 radical (unpaired) electrons. The topological polar surface area (TPSA) is 115 Å². The number of ether oxygens (including phenoxy) is 3. The molecule has 2 atom stereocenters. The SMILES string of the molecule is C=Cc1ccc(OCCOCCOC)c(C(=O)c2ccc(C(=O)N[C@@H]3CNC[C@H]3NC(=O)c3ccc4c(c3)CC=C4)cc2)c1F. The van der Waals surface area contributed by atoms with E-state index in [1.54, 1.807) is 13.2 Å². The Labute approximate surface area is 261 Å². The van der Waals surface area contributed by atoms with E-state index in [4.69, 9.17) is 14.2 Å². The van der Waals surface area contributed by atoms with Gasteiger partial charge in [-0.2, -0.15) is 0 Å². The monoisotopic (exact) mass is 613 g/mol. The van der Waals surface area contributed by atoms with Crippen LogP contribution < -0.4 is 20.7 Å². The maximum Gasteiger partial charge on any atom is 0.251 e. The third-order valence-corrected chi connectivity index (χ3v) is 7.79. The van der Waals surface area contributed by atoms with Gasteiger partial charge in [0.15, 0.2) is 5.78 Å². The molecule has 0 bridgehead atoms. The van der Waals surface area contributed by atoms with Crippen molar-refractivity contribution in [2.75, 3.05) is 46.6 Å². The third-order valence-electron chi connectivity index (χ3n) is 7.79. The van der Waals surface area contributed by atoms with E-state index in [1.807, 2.05) is 18.2 Å². The van der Waals surface area contributed by atoms with Gasteiger partial charge in [0, 0.05) is 42.5 Å². The maximum atomic E-state index is 15.4. The van der Waals surface area contributed by atoms with Crippen LogP contribution in [0.5, 0.6) is 5.75 Å². The highest BCUT2D eigenvalue weighted by Crippen LogP contribution is 2.28. The van der Waals surface area contributed by atoms with Crippen LogP contribution in [0.25, 0.3) is 12.2 Å². The number of methoxy groups -OCH3 is 1. The van der Waals surface area contributed by atoms with Crippen LogP contribution in [-0.4, -0.2) is 76.3 Å². The van der Waals surface area contributed by atoms with E-state index in [2.05, 4.69) is 28.6 Å². The van der Waals surface area contributed by atoms with Crippen molar-refractivity contribution >= 4 is 29.7 Å². The second kappa shape index (κ2) is 14.9. The summed E-state index contributed by atoms with van der Waals surface area (Å²) in [4.78, 5) is 39.6. The molecular formula is C35H36FN3O6. The fourth-order valence-corrected chi connectivity index (χ4v) is 5.32. The quantitative estimate of drug-likeness (QED) is 0.187. The number of carbonyl (C=O) groups excluding carboxylic acids is 3. The number of allylic oxidation sites excluding steroid dienone is 1. The summed E-state index contributed by atoms with van der Waals surface area (Å²) >= 11 is 0. The summed E-state index contributed by atoms with van der Waals surface area (Å²) < 4.78 is 31.4. The van der Waals surface area contributed by atoms with E-state index < -0.39 is 11.6 Å². The fourth-order valence-electron chi connectivity index (χ4n) is 5.32. The largest absolute Gasteiger partial charge is 0.490 e. The molecule has 2 amide bonds. The molecule has 45 heavy (non-hydrogen) atoms. The van der Waals surface area contributed by atoms with E-state index >= 15 is 4.39 Å². The van der Waals surface area contributed by atoms with Crippen molar-refractivity contribution in [3.63, 3.8) is 0 Å². The highest BCUT2D eigenvalue weighted by molar-refractivity contribution is 6.11. The minimum absolute atomic E-state index is 0.0821. The van der Waals surface area contributed by atoms with Gasteiger partial charge in [0.05, 0.1) is 31.9 Å². The van der Waals surface area contributed by atoms with Gasteiger partial charge in [-0.25, -0.2) is 4.39 Å². The predicted octanol–water partition coefficient (Wildman–Crippen LogP) is 3.81. The van der Waals surface area contributed by atoms with Gasteiger partial charge in [0.1, 0.15) is 23.7 Å². The molecule has 2 aliphatic rings. The molecule has 1 aliphatic carbocycles. The minimum atomic E-state index is -0.743. The van der Waals surface area contributed by atoms with Gasteiger partial charge in [0.25, 0.3) is 11.8 Å². The summed E-state index contributed by atoms with van der Waals surface area (Å²) in [5.41, 5.74) is 3.26. The molecule has 1 fully saturated rings. The molecule has 3 aromatic carbocycles. The van der Waals surface area contributed by atoms with E-state index in [9.17, 15) is 14.4 Å². The highest BCUT2D eigenvalue weighted by atomic mass is 19.1. The van der Waals surface area contributed by atoms with E-state index in [1.165, 1.54) is 42.5 Å². The lowest BCUT2D eigenvalue weighted by Crippen LogP contribution is -2.51. The van der Waals surface area contributed by atoms with Gasteiger partial charge in [-0.1, -0.05) is 43.0 Å². The average Bonchev–Trinajstić information content (AvgIpc) is 3.71. The summed E-state index contributed by atoms with van der Waals surface area (Å²) in [6, 6.07) is 14.0. The van der Waals surface area contributed by atoms with Crippen LogP contribution in [0.15, 0.2) is 67.3 Å². The number of halogens is 1. The Hall–Kier alpha value is -4.64. The molecule has 234 valence electrons. The number of hydrogen-bond acceptors (Lipinski definition) is 7. The number of rotatable bonds is 14. The fraction of sp³-hybridized carbons (Fsp3) is 0.286. The Bertz CT molecular complexity index is 1600. The zero-order valence-electron chi connectivity index (χ0n) is 25.1. The molecule has 1 aliphatic heterocycles. The molecule has 5 rings (SSSR count). The number of nitrogens with one attached hydrogen (secondary N) is 3. The zero-order chi connectivity index (χ0) is 31.8. The van der Waals surface area contributed by atoms with Crippen LogP contribution in [0, 0.1) is 5.82 Å². The Morgan fingerprint density at radius 3 is 2.29 bits per heavy atom. The molecule has 10 heteroatoms. The minimum Gasteiger partial charge on any atom is -0.490 e. The van der Waals surface area contributed by atoms with Crippen molar-refractivity contribution < 1.29 is 33.0 Å². The standard InChI is InChI=1S/C35H36FN3O6/c1-3-22-13-14-30(45-18-17-44-16-15-43-2)31(32(22)36)33(40)24-8-10-25(11-9-24)34(41)38-28-20-37-21-29(28)39-35(42)27-12-7-23-5-4-6-26(23)19-27/h3-5,7-14,19,28-29,37H,1,6,15-18,20-21H2,2H3,(H,38,41)(H,39,42)/t28-,29-/m1/s1. The summed E-state index contributed by atoms with van der Waals surface area (Å²) in [6.45, 7) is 5.78. The maximum absolute atomic E-state index is 15.4. The van der Waals surface area contributed by atoms with Gasteiger partial charge in [-0.05, 0) is 53.9 Å². The molecule has 3 aromatic rings. The van der Waals surface area contributed by atoms with E-state index in [0.29, 0.717) is 37.4 Å². The van der Waals surface area contributed by atoms with Gasteiger partial charge in [-0.15, -0.1) is 0 Å². The normalized spacial score (nSPS) is 16.7. The molecule has 1 heterocycles. The first-order valence-corrected chi connectivity index (χ1v) is 14.8. The van der Waals surface area contributed by atoms with Crippen molar-refractivity contribution in [3.05, 3.63) is 112 Å². The first-order chi connectivity index (χ1) is 21.9. The summed E-state index contributed by atoms with van der Waals surface area (Å²) in [5.74, 6) is -1.81. The highest BCUT2D eigenvalue weighted by Gasteiger charge is 2.30. The van der Waals surface area contributed by atoms with Crippen LogP contribution in [0.4, 0.5) is 4.39 Å². The second-order valence-corrected chi connectivity index (χ2v) is 10.7. The molecule has 9 nitrogen and oxygen atoms in total. The number of hydrogen-bond donors (Lipinski definition) is 3. The number of amides is 2. The second-order valence-electron chi connectivity index (χ2n) is 10.7. The van der Waals surface area contributed by atoms with Crippen molar-refractivity contribution in [2.24, 2.45) is 0 Å². The number of carbonyl (C=O) groups is 3. The summed E-state index contributed by atoms with van der Waals surface area (Å²) in [6.07, 6.45) is 6.24. The number of benzene rings is 3. The van der Waals surface area contributed by atoms with E-state index in [-0.39, 0.29) is 59.6 Å². The molecule has 0 saturated carbocycles. The summed E-state index contributed by atoms with van der Waals surface area (Å²) in [5, 5.41) is 9.23. The Morgan fingerprint density at radius 2 is 1.58 bits per heavy atom. The van der Waals surface area contributed by atoms with Crippen molar-refractivity contribution in [3.8, 4) is 5.75 Å². The van der Waals surface area contributed by atoms with Gasteiger partial charge < -0.3 is 30.2 Å². The zero-order valence-corrected chi connectivity index (χ0v) is 25.1. The van der Waals surface area contributed by atoms with Crippen molar-refractivity contribution in [1.29, 1.82) is 0 Å². The first kappa shape index (κ1) is 31.8. The van der Waals surface area contributed by atoms with Crippen LogP contribution >= 0.6 is 0 Å². The van der Waals surface area contributed by atoms with E-state index in [0.717, 1.165) is 17.5 Å². The lowest BCUT2D eigenvalue weighted by molar-refractivity contribution is 0.0541. The summed E-state index contributed by atoms with van der Waals surface area (Å²) in [7, 11) is 1.57. The molecule has 0 unspecified atom stereocenters. The van der Waals surface area contributed by atoms with Gasteiger partial charge in [-0.3, -0.25) is 14.4 Å². The number of fused-ring (bicyclic) bond motifs is 1. The Balaban J connectivity index is 1.22. The van der Waals surface area contributed by atoms with Crippen LogP contribution in [0.2, 0.25) is 0 Å². The Kier molecular flexibility index (Phi) is 10.5. The van der Waals surface area contributed by atoms with Crippen LogP contribution in [0.1, 0.15) is 53.3 Å². The van der Waals surface area contributed by atoms with Crippen LogP contribution in [0.3, 0.4) is 0 Å². The first-order valence-electron chi connectivity index (χ1n) is 14.8. The van der Waals surface area contributed by atoms with Crippen LogP contribution in [-0.2, 0) is 15.9 Å². The van der Waals surface area contributed by atoms with Crippen molar-refractivity contribution in [1.82, 2.24) is 16.0 Å². The smallest absolute Gasteiger partial charge is 0.251 e. The molecule has 0 spiro atoms. The third kappa shape index (κ3) is 7.54. The van der Waals surface area contributed by atoms with Gasteiger partial charge >= 0.3 is 0 Å². The molecule has 0 aromatic heterocycles. The molecular weight excluding hydrogens is 577 g/mol. The predicted molar refractivity (Wildman–Crippen MR) is 169 cm³/mol. The Morgan fingerprint density at radius 1 is 0.911 bits per heavy atom. The average molecular weight is 614 g/mol. The van der Waals surface area contributed by atoms with Gasteiger partial charge in [0.2, 0.25) is 0 Å². The van der Waals surface area contributed by atoms with Crippen molar-refractivity contribution in [2.45, 2.75) is 18.5 Å². The molecule has 3 N–H and O–H groups in total. The molecule has 1 saturated heterocycles. The number of ketones is 1. The lowest BCUT2D eigenvalue weighted by atomic mass is 9.98.